The molecule has 1 aromatic heterocycles. The second-order valence-corrected chi connectivity index (χ2v) is 7.44. The van der Waals surface area contributed by atoms with Crippen molar-refractivity contribution in [3.8, 4) is 17.0 Å². The van der Waals surface area contributed by atoms with Crippen molar-refractivity contribution in [2.45, 2.75) is 19.4 Å². The minimum atomic E-state index is 0.0307. The number of aryl methyl sites for hydroxylation is 1. The summed E-state index contributed by atoms with van der Waals surface area (Å²) in [6, 6.07) is 27.7. The van der Waals surface area contributed by atoms with Crippen LogP contribution in [0.1, 0.15) is 17.5 Å². The zero-order chi connectivity index (χ0) is 21.0. The minimum absolute atomic E-state index is 0.0307. The van der Waals surface area contributed by atoms with Gasteiger partial charge in [-0.05, 0) is 53.4 Å². The number of carbonyl (C=O) groups is 1. The Labute approximate surface area is 180 Å². The smallest absolute Gasteiger partial charge is 0.246 e. The van der Waals surface area contributed by atoms with Crippen molar-refractivity contribution in [3.05, 3.63) is 96.1 Å². The molecule has 0 atom stereocenters. The molecule has 0 unspecified atom stereocenters. The predicted molar refractivity (Wildman–Crippen MR) is 121 cm³/mol. The molecule has 0 bridgehead atoms. The predicted octanol–water partition coefficient (Wildman–Crippen LogP) is 4.96. The van der Waals surface area contributed by atoms with Gasteiger partial charge in [-0.1, -0.05) is 48.5 Å². The fourth-order valence-corrected chi connectivity index (χ4v) is 3.66. The van der Waals surface area contributed by atoms with E-state index in [4.69, 9.17) is 4.74 Å². The quantitative estimate of drug-likeness (QED) is 0.471. The molecule has 2 N–H and O–H groups in total. The van der Waals surface area contributed by atoms with Gasteiger partial charge >= 0.3 is 0 Å². The van der Waals surface area contributed by atoms with Crippen LogP contribution in [0.4, 0.5) is 11.5 Å². The number of nitrogens with one attached hydrogen (secondary N) is 2. The Hall–Kier alpha value is -4.06. The van der Waals surface area contributed by atoms with Gasteiger partial charge in [-0.25, -0.2) is 5.01 Å². The summed E-state index contributed by atoms with van der Waals surface area (Å²) >= 11 is 0. The number of hydrogen-bond acceptors (Lipinski definition) is 4. The number of para-hydroxylation sites is 1. The molecule has 6 nitrogen and oxygen atoms in total. The molecule has 31 heavy (non-hydrogen) atoms. The number of anilines is 2. The number of rotatable bonds is 6. The number of hydrazine groups is 1. The molecule has 0 aliphatic carbocycles. The fraction of sp³-hybridized carbons (Fsp3) is 0.120. The van der Waals surface area contributed by atoms with Gasteiger partial charge < -0.3 is 4.74 Å². The third kappa shape index (κ3) is 4.14. The van der Waals surface area contributed by atoms with E-state index in [1.165, 1.54) is 0 Å². The van der Waals surface area contributed by atoms with E-state index in [0.29, 0.717) is 18.8 Å². The van der Waals surface area contributed by atoms with Crippen LogP contribution in [0.2, 0.25) is 0 Å². The first kappa shape index (κ1) is 18.9. The molecule has 0 saturated heterocycles. The van der Waals surface area contributed by atoms with Crippen LogP contribution < -0.4 is 15.2 Å². The van der Waals surface area contributed by atoms with Gasteiger partial charge in [0.15, 0.2) is 5.82 Å². The molecule has 1 amide bonds. The second-order valence-electron chi connectivity index (χ2n) is 7.44. The van der Waals surface area contributed by atoms with E-state index in [-0.39, 0.29) is 5.91 Å². The average Bonchev–Trinajstić information content (AvgIpc) is 3.29. The number of aromatic nitrogens is 2. The molecular weight excluding hydrogens is 388 g/mol. The van der Waals surface area contributed by atoms with Gasteiger partial charge in [-0.2, -0.15) is 5.10 Å². The van der Waals surface area contributed by atoms with E-state index in [1.807, 2.05) is 84.9 Å². The van der Waals surface area contributed by atoms with Crippen molar-refractivity contribution >= 4 is 17.4 Å². The Bertz CT molecular complexity index is 1190. The van der Waals surface area contributed by atoms with Crippen LogP contribution >= 0.6 is 0 Å². The van der Waals surface area contributed by atoms with E-state index >= 15 is 0 Å². The summed E-state index contributed by atoms with van der Waals surface area (Å²) in [6.07, 6.45) is 1.24. The summed E-state index contributed by atoms with van der Waals surface area (Å²) in [7, 11) is 0. The van der Waals surface area contributed by atoms with Gasteiger partial charge in [0.25, 0.3) is 0 Å². The Morgan fingerprint density at radius 2 is 1.71 bits per heavy atom. The Kier molecular flexibility index (Phi) is 5.10. The lowest BCUT2D eigenvalue weighted by atomic mass is 10.0. The maximum Gasteiger partial charge on any atom is 0.246 e. The number of hydrogen-bond donors (Lipinski definition) is 2. The first-order valence-corrected chi connectivity index (χ1v) is 10.3. The van der Waals surface area contributed by atoms with Crippen LogP contribution in [0, 0.1) is 0 Å². The van der Waals surface area contributed by atoms with Crippen LogP contribution in [-0.4, -0.2) is 16.1 Å². The van der Waals surface area contributed by atoms with Gasteiger partial charge in [-0.3, -0.25) is 15.3 Å². The maximum atomic E-state index is 12.5. The van der Waals surface area contributed by atoms with E-state index < -0.39 is 0 Å². The summed E-state index contributed by atoms with van der Waals surface area (Å²) in [5.74, 6) is 1.42. The first-order valence-electron chi connectivity index (χ1n) is 10.3. The molecule has 1 aliphatic rings. The van der Waals surface area contributed by atoms with E-state index in [1.54, 1.807) is 5.01 Å². The number of ether oxygens (including phenoxy) is 1. The molecule has 3 aromatic carbocycles. The topological polar surface area (TPSA) is 70.2 Å². The van der Waals surface area contributed by atoms with Crippen LogP contribution in [0.5, 0.6) is 5.75 Å². The van der Waals surface area contributed by atoms with Crippen LogP contribution in [0.15, 0.2) is 84.9 Å². The summed E-state index contributed by atoms with van der Waals surface area (Å²) in [5, 5.41) is 8.95. The van der Waals surface area contributed by atoms with Gasteiger partial charge in [0.1, 0.15) is 12.4 Å². The molecule has 5 rings (SSSR count). The van der Waals surface area contributed by atoms with Gasteiger partial charge in [0, 0.05) is 12.5 Å². The molecule has 6 heteroatoms. The molecule has 0 radical (unpaired) electrons. The molecule has 4 aromatic rings. The number of carbonyl (C=O) groups excluding carboxylic acids is 1. The van der Waals surface area contributed by atoms with Crippen LogP contribution in [0.3, 0.4) is 0 Å². The third-order valence-electron chi connectivity index (χ3n) is 5.31. The lowest BCUT2D eigenvalue weighted by Crippen LogP contribution is -2.39. The van der Waals surface area contributed by atoms with E-state index in [2.05, 4.69) is 15.6 Å². The number of nitrogens with zero attached hydrogens (tertiary/aromatic N) is 2. The molecule has 0 fully saturated rings. The Morgan fingerprint density at radius 3 is 2.55 bits per heavy atom. The standard InChI is InChI=1S/C25H22N4O2/c30-25-15-12-20-8-4-5-9-23(20)29(25)28-24-16-22(26-27-24)19-10-13-21(14-11-19)31-17-18-6-2-1-3-7-18/h1-11,13-14,16H,12,15,17H2,(H2,26,27,28). The van der Waals surface area contributed by atoms with Crippen molar-refractivity contribution in [1.82, 2.24) is 10.2 Å². The Balaban J connectivity index is 1.27. The second kappa shape index (κ2) is 8.36. The SMILES string of the molecule is O=C1CCc2ccccc2N1Nc1cc(-c2ccc(OCc3ccccc3)cc2)[nH]n1. The number of benzene rings is 3. The van der Waals surface area contributed by atoms with Crippen molar-refractivity contribution in [2.24, 2.45) is 0 Å². The summed E-state index contributed by atoms with van der Waals surface area (Å²) < 4.78 is 5.85. The molecule has 154 valence electrons. The maximum absolute atomic E-state index is 12.5. The first-order chi connectivity index (χ1) is 15.3. The summed E-state index contributed by atoms with van der Waals surface area (Å²) in [4.78, 5) is 12.5. The zero-order valence-electron chi connectivity index (χ0n) is 16.9. The highest BCUT2D eigenvalue weighted by Crippen LogP contribution is 2.29. The van der Waals surface area contributed by atoms with Crippen molar-refractivity contribution < 1.29 is 9.53 Å². The molecule has 2 heterocycles. The summed E-state index contributed by atoms with van der Waals surface area (Å²) in [6.45, 7) is 0.531. The molecule has 0 saturated carbocycles. The van der Waals surface area contributed by atoms with E-state index in [0.717, 1.165) is 40.2 Å². The molecular formula is C25H22N4O2. The normalized spacial score (nSPS) is 13.0. The van der Waals surface area contributed by atoms with Crippen molar-refractivity contribution in [3.63, 3.8) is 0 Å². The third-order valence-corrected chi connectivity index (χ3v) is 5.31. The number of H-pyrrole nitrogens is 1. The summed E-state index contributed by atoms with van der Waals surface area (Å²) in [5.41, 5.74) is 8.14. The van der Waals surface area contributed by atoms with Crippen LogP contribution in [0.25, 0.3) is 11.3 Å². The lowest BCUT2D eigenvalue weighted by molar-refractivity contribution is -0.118. The van der Waals surface area contributed by atoms with Crippen molar-refractivity contribution in [2.75, 3.05) is 10.4 Å². The van der Waals surface area contributed by atoms with E-state index in [9.17, 15) is 4.79 Å². The lowest BCUT2D eigenvalue weighted by Gasteiger charge is -2.29. The highest BCUT2D eigenvalue weighted by molar-refractivity contribution is 5.98. The van der Waals surface area contributed by atoms with Crippen molar-refractivity contribution in [1.29, 1.82) is 0 Å². The van der Waals surface area contributed by atoms with Gasteiger partial charge in [-0.15, -0.1) is 0 Å². The fourth-order valence-electron chi connectivity index (χ4n) is 3.66. The monoisotopic (exact) mass is 410 g/mol. The van der Waals surface area contributed by atoms with Crippen LogP contribution in [-0.2, 0) is 17.8 Å². The zero-order valence-corrected chi connectivity index (χ0v) is 16.9. The molecule has 0 spiro atoms. The Morgan fingerprint density at radius 1 is 0.935 bits per heavy atom. The highest BCUT2D eigenvalue weighted by atomic mass is 16.5. The number of aromatic amines is 1. The molecule has 1 aliphatic heterocycles. The number of fused-ring (bicyclic) bond motifs is 1. The number of amides is 1. The minimum Gasteiger partial charge on any atom is -0.489 e. The van der Waals surface area contributed by atoms with Gasteiger partial charge in [0.05, 0.1) is 11.4 Å². The average molecular weight is 410 g/mol. The highest BCUT2D eigenvalue weighted by Gasteiger charge is 2.24. The largest absolute Gasteiger partial charge is 0.489 e. The van der Waals surface area contributed by atoms with Gasteiger partial charge in [0.2, 0.25) is 5.91 Å².